The Morgan fingerprint density at radius 3 is 1.60 bits per heavy atom. The molecule has 9 aromatic carbocycles. The van der Waals surface area contributed by atoms with Crippen molar-refractivity contribution >= 4 is 90.0 Å². The maximum atomic E-state index is 16.2. The van der Waals surface area contributed by atoms with E-state index in [9.17, 15) is 0 Å². The summed E-state index contributed by atoms with van der Waals surface area (Å²) in [5.41, 5.74) is 10.6. The molecule has 0 saturated heterocycles. The van der Waals surface area contributed by atoms with Crippen LogP contribution in [0.1, 0.15) is 0 Å². The lowest BCUT2D eigenvalue weighted by Gasteiger charge is -2.33. The van der Waals surface area contributed by atoms with Gasteiger partial charge in [-0.25, -0.2) is 0 Å². The molecule has 0 amide bonds. The van der Waals surface area contributed by atoms with Gasteiger partial charge in [-0.2, -0.15) is 0 Å². The van der Waals surface area contributed by atoms with Crippen molar-refractivity contribution in [3.05, 3.63) is 206 Å². The highest BCUT2D eigenvalue weighted by atomic mass is 31.2. The van der Waals surface area contributed by atoms with Gasteiger partial charge < -0.3 is 8.98 Å². The molecule has 0 saturated carbocycles. The molecule has 0 radical (unpaired) electrons. The standard InChI is InChI=1S/C52H34N3O2P/c56-58(40-23-11-4-12-24-40)54(38-19-7-2-8-20-38)46-32-30-36(34-47(46)55(58)39-21-9-3-10-22-39)35-29-31-45-44(33-35)49-41-25-13-14-26-42(41)50-43-27-15-16-28-48(43)57-52(50)51(49)53(45)37-17-5-1-6-18-37/h1-34H. The molecule has 0 N–H and O–H groups in total. The Balaban J connectivity index is 1.15. The molecule has 1 atom stereocenters. The smallest absolute Gasteiger partial charge is 0.301 e. The zero-order valence-electron chi connectivity index (χ0n) is 31.2. The minimum atomic E-state index is -3.49. The molecule has 3 heterocycles. The first-order chi connectivity index (χ1) is 28.7. The Hall–Kier alpha value is -7.33. The maximum absolute atomic E-state index is 16.2. The van der Waals surface area contributed by atoms with E-state index in [1.807, 2.05) is 84.9 Å². The fraction of sp³-hybridized carbons (Fsp3) is 0. The van der Waals surface area contributed by atoms with Gasteiger partial charge in [-0.05, 0) is 101 Å². The lowest BCUT2D eigenvalue weighted by Crippen LogP contribution is -2.26. The number of nitrogens with zero attached hydrogens (tertiary/aromatic N) is 3. The summed E-state index contributed by atoms with van der Waals surface area (Å²) in [7, 11) is -3.49. The fourth-order valence-corrected chi connectivity index (χ4v) is 12.2. The third-order valence-corrected chi connectivity index (χ3v) is 14.6. The number of para-hydroxylation sites is 4. The normalized spacial score (nSPS) is 15.3. The second-order valence-electron chi connectivity index (χ2n) is 14.9. The largest absolute Gasteiger partial charge is 0.454 e. The molecule has 2 aromatic heterocycles. The van der Waals surface area contributed by atoms with Crippen LogP contribution >= 0.6 is 7.44 Å². The van der Waals surface area contributed by atoms with Crippen LogP contribution in [0.5, 0.6) is 0 Å². The molecule has 5 nitrogen and oxygen atoms in total. The van der Waals surface area contributed by atoms with Crippen LogP contribution < -0.4 is 14.6 Å². The highest BCUT2D eigenvalue weighted by molar-refractivity contribution is 7.76. The fourth-order valence-electron chi connectivity index (χ4n) is 9.22. The first-order valence-corrected chi connectivity index (χ1v) is 21.2. The van der Waals surface area contributed by atoms with E-state index in [1.54, 1.807) is 0 Å². The molecular formula is C52H34N3O2P. The Bertz CT molecular complexity index is 3430. The molecule has 58 heavy (non-hydrogen) atoms. The Morgan fingerprint density at radius 2 is 0.931 bits per heavy atom. The summed E-state index contributed by atoms with van der Waals surface area (Å²) in [5.74, 6) is 0. The SMILES string of the molecule is O=P1(c2ccccc2)N(c2ccccc2)c2ccc(-c3ccc4c(c3)c3c5ccccc5c5c6ccccc6oc5c3n4-c3ccccc3)cc2N1c1ccccc1. The summed E-state index contributed by atoms with van der Waals surface area (Å²) in [6, 6.07) is 71.1. The summed E-state index contributed by atoms with van der Waals surface area (Å²) in [5, 5.41) is 7.64. The number of hydrogen-bond acceptors (Lipinski definition) is 2. The Labute approximate surface area is 334 Å². The van der Waals surface area contributed by atoms with Crippen molar-refractivity contribution in [2.75, 3.05) is 9.34 Å². The summed E-state index contributed by atoms with van der Waals surface area (Å²) >= 11 is 0. The summed E-state index contributed by atoms with van der Waals surface area (Å²) in [6.45, 7) is 0. The first-order valence-electron chi connectivity index (χ1n) is 19.6. The van der Waals surface area contributed by atoms with Crippen molar-refractivity contribution in [1.82, 2.24) is 4.57 Å². The van der Waals surface area contributed by atoms with Gasteiger partial charge in [-0.1, -0.05) is 127 Å². The van der Waals surface area contributed by atoms with Crippen molar-refractivity contribution in [1.29, 1.82) is 0 Å². The average Bonchev–Trinajstić information content (AvgIpc) is 3.93. The summed E-state index contributed by atoms with van der Waals surface area (Å²) < 4.78 is 29.5. The predicted molar refractivity (Wildman–Crippen MR) is 242 cm³/mol. The van der Waals surface area contributed by atoms with E-state index in [0.29, 0.717) is 0 Å². The molecule has 274 valence electrons. The number of hydrogen-bond donors (Lipinski definition) is 0. The van der Waals surface area contributed by atoms with Crippen LogP contribution in [-0.4, -0.2) is 4.57 Å². The number of benzene rings is 9. The molecule has 0 bridgehead atoms. The number of aromatic nitrogens is 1. The number of rotatable bonds is 5. The highest BCUT2D eigenvalue weighted by Gasteiger charge is 2.49. The van der Waals surface area contributed by atoms with Crippen LogP contribution in [0, 0.1) is 0 Å². The third kappa shape index (κ3) is 4.62. The van der Waals surface area contributed by atoms with Gasteiger partial charge in [0.25, 0.3) is 0 Å². The zero-order chi connectivity index (χ0) is 38.4. The second-order valence-corrected chi connectivity index (χ2v) is 17.3. The van der Waals surface area contributed by atoms with Crippen molar-refractivity contribution in [2.24, 2.45) is 0 Å². The first kappa shape index (κ1) is 32.9. The lowest BCUT2D eigenvalue weighted by atomic mass is 9.97. The van der Waals surface area contributed by atoms with Gasteiger partial charge in [0.2, 0.25) is 0 Å². The van der Waals surface area contributed by atoms with Gasteiger partial charge in [0, 0.05) is 38.6 Å². The molecule has 0 spiro atoms. The zero-order valence-corrected chi connectivity index (χ0v) is 32.1. The van der Waals surface area contributed by atoms with Crippen molar-refractivity contribution < 1.29 is 8.98 Å². The second kappa shape index (κ2) is 12.6. The summed E-state index contributed by atoms with van der Waals surface area (Å²) in [6.07, 6.45) is 0. The molecule has 1 unspecified atom stereocenters. The monoisotopic (exact) mass is 763 g/mol. The topological polar surface area (TPSA) is 41.6 Å². The Morgan fingerprint density at radius 1 is 0.414 bits per heavy atom. The number of anilines is 4. The Kier molecular flexibility index (Phi) is 7.14. The van der Waals surface area contributed by atoms with Gasteiger partial charge in [0.05, 0.1) is 27.7 Å². The molecule has 11 aromatic rings. The molecule has 0 aliphatic carbocycles. The van der Waals surface area contributed by atoms with E-state index >= 15 is 4.57 Å². The van der Waals surface area contributed by atoms with Crippen LogP contribution in [0.25, 0.3) is 71.3 Å². The average molecular weight is 764 g/mol. The van der Waals surface area contributed by atoms with Crippen LogP contribution in [0.4, 0.5) is 22.7 Å². The summed E-state index contributed by atoms with van der Waals surface area (Å²) in [4.78, 5) is 0. The minimum absolute atomic E-state index is 0.763. The van der Waals surface area contributed by atoms with Crippen LogP contribution in [-0.2, 0) is 4.57 Å². The van der Waals surface area contributed by atoms with Crippen LogP contribution in [0.2, 0.25) is 0 Å². The van der Waals surface area contributed by atoms with Gasteiger partial charge in [-0.15, -0.1) is 0 Å². The van der Waals surface area contributed by atoms with E-state index < -0.39 is 7.44 Å². The van der Waals surface area contributed by atoms with Crippen LogP contribution in [0.3, 0.4) is 0 Å². The van der Waals surface area contributed by atoms with E-state index in [1.165, 1.54) is 10.8 Å². The van der Waals surface area contributed by atoms with E-state index in [4.69, 9.17) is 4.42 Å². The lowest BCUT2D eigenvalue weighted by molar-refractivity contribution is 0.582. The third-order valence-electron chi connectivity index (χ3n) is 11.7. The quantitative estimate of drug-likeness (QED) is 0.164. The van der Waals surface area contributed by atoms with E-state index in [-0.39, 0.29) is 0 Å². The van der Waals surface area contributed by atoms with E-state index in [0.717, 1.165) is 88.6 Å². The predicted octanol–water partition coefficient (Wildman–Crippen LogP) is 14.3. The van der Waals surface area contributed by atoms with E-state index in [2.05, 4.69) is 135 Å². The van der Waals surface area contributed by atoms with Crippen molar-refractivity contribution in [3.63, 3.8) is 0 Å². The minimum Gasteiger partial charge on any atom is -0.454 e. The van der Waals surface area contributed by atoms with Crippen molar-refractivity contribution in [2.45, 2.75) is 0 Å². The molecule has 12 rings (SSSR count). The van der Waals surface area contributed by atoms with Crippen LogP contribution in [0.15, 0.2) is 211 Å². The highest BCUT2D eigenvalue weighted by Crippen LogP contribution is 2.70. The molecule has 1 aliphatic rings. The maximum Gasteiger partial charge on any atom is 0.301 e. The van der Waals surface area contributed by atoms with Gasteiger partial charge >= 0.3 is 7.44 Å². The van der Waals surface area contributed by atoms with Gasteiger partial charge in [0.1, 0.15) is 5.58 Å². The molecular weight excluding hydrogens is 730 g/mol. The van der Waals surface area contributed by atoms with Gasteiger partial charge in [-0.3, -0.25) is 13.9 Å². The number of fused-ring (bicyclic) bond motifs is 11. The van der Waals surface area contributed by atoms with Gasteiger partial charge in [0.15, 0.2) is 5.58 Å². The molecule has 6 heteroatoms. The molecule has 0 fully saturated rings. The molecule has 1 aliphatic heterocycles. The number of furan rings is 1. The van der Waals surface area contributed by atoms with Crippen molar-refractivity contribution in [3.8, 4) is 16.8 Å².